The fraction of sp³-hybridized carbons (Fsp3) is 0.800. The van der Waals surface area contributed by atoms with Gasteiger partial charge >= 0.3 is 11.2 Å². The fourth-order valence-electron chi connectivity index (χ4n) is 0.666. The summed E-state index contributed by atoms with van der Waals surface area (Å²) in [5.41, 5.74) is 0. The molecular formula is C5H4F4OS2. The molecule has 0 N–H and O–H groups in total. The molecule has 1 aliphatic rings. The molecular weight excluding hydrogens is 216 g/mol. The van der Waals surface area contributed by atoms with Crippen LogP contribution in [0.25, 0.3) is 0 Å². The molecule has 0 saturated carbocycles. The van der Waals surface area contributed by atoms with Gasteiger partial charge in [-0.25, -0.2) is 4.39 Å². The van der Waals surface area contributed by atoms with Crippen molar-refractivity contribution < 1.29 is 22.4 Å². The smallest absolute Gasteiger partial charge is 0.282 e. The molecule has 0 amide bonds. The first-order valence-corrected chi connectivity index (χ1v) is 4.92. The first-order valence-electron chi connectivity index (χ1n) is 2.95. The van der Waals surface area contributed by atoms with Crippen molar-refractivity contribution >= 4 is 28.6 Å². The van der Waals surface area contributed by atoms with Crippen molar-refractivity contribution in [3.63, 3.8) is 0 Å². The number of hydrogen-bond donors (Lipinski definition) is 0. The lowest BCUT2D eigenvalue weighted by molar-refractivity contribution is -0.192. The van der Waals surface area contributed by atoms with Crippen LogP contribution in [0.5, 0.6) is 0 Å². The van der Waals surface area contributed by atoms with Crippen LogP contribution in [0.15, 0.2) is 0 Å². The molecule has 0 aromatic carbocycles. The highest BCUT2D eigenvalue weighted by Crippen LogP contribution is 2.48. The number of thioether (sulfide) groups is 2. The van der Waals surface area contributed by atoms with Gasteiger partial charge in [-0.3, -0.25) is 4.79 Å². The van der Waals surface area contributed by atoms with Crippen LogP contribution in [0, 0.1) is 0 Å². The third kappa shape index (κ3) is 1.56. The van der Waals surface area contributed by atoms with Crippen LogP contribution in [0.2, 0.25) is 0 Å². The van der Waals surface area contributed by atoms with Crippen LogP contribution in [0.3, 0.4) is 0 Å². The Morgan fingerprint density at radius 1 is 1.33 bits per heavy atom. The summed E-state index contributed by atoms with van der Waals surface area (Å²) in [6.07, 6.45) is -5.10. The fourth-order valence-corrected chi connectivity index (χ4v) is 2.74. The second-order valence-corrected chi connectivity index (χ2v) is 4.40. The Balaban J connectivity index is 2.87. The Labute approximate surface area is 74.3 Å². The Morgan fingerprint density at radius 2 is 1.92 bits per heavy atom. The molecule has 1 saturated heterocycles. The van der Waals surface area contributed by atoms with E-state index in [9.17, 15) is 22.4 Å². The molecule has 1 heterocycles. The SMILES string of the molecule is O=C1SCCSC1(F)C(F)(F)F. The van der Waals surface area contributed by atoms with Crippen LogP contribution in [-0.4, -0.2) is 27.8 Å². The molecule has 0 aromatic rings. The molecule has 0 radical (unpaired) electrons. The summed E-state index contributed by atoms with van der Waals surface area (Å²) < 4.78 is 48.8. The second-order valence-electron chi connectivity index (χ2n) is 2.08. The van der Waals surface area contributed by atoms with Crippen LogP contribution < -0.4 is 0 Å². The van der Waals surface area contributed by atoms with Gasteiger partial charge in [-0.05, 0) is 0 Å². The molecule has 1 rings (SSSR count). The topological polar surface area (TPSA) is 17.1 Å². The van der Waals surface area contributed by atoms with Crippen LogP contribution in [0.4, 0.5) is 17.6 Å². The highest BCUT2D eigenvalue weighted by molar-refractivity contribution is 8.18. The maximum absolute atomic E-state index is 12.9. The van der Waals surface area contributed by atoms with Crippen molar-refractivity contribution in [3.8, 4) is 0 Å². The monoisotopic (exact) mass is 220 g/mol. The maximum atomic E-state index is 12.9. The van der Waals surface area contributed by atoms with E-state index in [4.69, 9.17) is 0 Å². The molecule has 1 unspecified atom stereocenters. The summed E-state index contributed by atoms with van der Waals surface area (Å²) in [6, 6.07) is 0. The summed E-state index contributed by atoms with van der Waals surface area (Å²) in [6.45, 7) is 0. The van der Waals surface area contributed by atoms with Gasteiger partial charge in [0, 0.05) is 11.5 Å². The number of hydrogen-bond acceptors (Lipinski definition) is 3. The van der Waals surface area contributed by atoms with Gasteiger partial charge in [-0.2, -0.15) is 13.2 Å². The summed E-state index contributed by atoms with van der Waals surface area (Å²) in [5, 5.41) is -5.12. The van der Waals surface area contributed by atoms with E-state index in [1.807, 2.05) is 0 Å². The Morgan fingerprint density at radius 3 is 2.25 bits per heavy atom. The number of rotatable bonds is 0. The largest absolute Gasteiger partial charge is 0.440 e. The zero-order valence-corrected chi connectivity index (χ0v) is 7.28. The van der Waals surface area contributed by atoms with Crippen LogP contribution in [-0.2, 0) is 4.79 Å². The van der Waals surface area contributed by atoms with Crippen molar-refractivity contribution in [1.29, 1.82) is 0 Å². The van der Waals surface area contributed by atoms with Crippen molar-refractivity contribution in [2.24, 2.45) is 0 Å². The summed E-state index contributed by atoms with van der Waals surface area (Å²) in [7, 11) is 0. The molecule has 1 aliphatic heterocycles. The van der Waals surface area contributed by atoms with E-state index in [1.54, 1.807) is 0 Å². The molecule has 0 bridgehead atoms. The molecule has 0 aromatic heterocycles. The molecule has 12 heavy (non-hydrogen) atoms. The average Bonchev–Trinajstić information content (AvgIpc) is 1.93. The van der Waals surface area contributed by atoms with Gasteiger partial charge in [0.1, 0.15) is 0 Å². The van der Waals surface area contributed by atoms with E-state index < -0.39 is 16.3 Å². The molecule has 1 nitrogen and oxygen atoms in total. The third-order valence-electron chi connectivity index (χ3n) is 1.24. The Kier molecular flexibility index (Phi) is 2.63. The molecule has 1 atom stereocenters. The number of alkyl halides is 4. The lowest BCUT2D eigenvalue weighted by Gasteiger charge is -2.28. The molecule has 70 valence electrons. The van der Waals surface area contributed by atoms with Crippen molar-refractivity contribution in [1.82, 2.24) is 0 Å². The van der Waals surface area contributed by atoms with E-state index in [0.717, 1.165) is 0 Å². The summed E-state index contributed by atoms with van der Waals surface area (Å²) >= 11 is 0.416. The minimum absolute atomic E-state index is 0.00637. The molecule has 0 spiro atoms. The third-order valence-corrected chi connectivity index (χ3v) is 3.81. The first-order chi connectivity index (χ1) is 5.38. The molecule has 7 heteroatoms. The first kappa shape index (κ1) is 10.2. The second kappa shape index (κ2) is 3.10. The lowest BCUT2D eigenvalue weighted by atomic mass is 10.4. The van der Waals surface area contributed by atoms with Gasteiger partial charge < -0.3 is 0 Å². The highest BCUT2D eigenvalue weighted by atomic mass is 32.2. The zero-order valence-electron chi connectivity index (χ0n) is 5.65. The van der Waals surface area contributed by atoms with Gasteiger partial charge in [0.2, 0.25) is 5.12 Å². The van der Waals surface area contributed by atoms with E-state index in [1.165, 1.54) is 0 Å². The van der Waals surface area contributed by atoms with Gasteiger partial charge in [0.25, 0.3) is 0 Å². The minimum Gasteiger partial charge on any atom is -0.282 e. The van der Waals surface area contributed by atoms with Gasteiger partial charge in [-0.1, -0.05) is 11.8 Å². The standard InChI is InChI=1S/C5H4F4OS2/c6-4(5(7,8)9)3(10)11-1-2-12-4/h1-2H2. The normalized spacial score (nSPS) is 32.2. The van der Waals surface area contributed by atoms with E-state index in [2.05, 4.69) is 0 Å². The van der Waals surface area contributed by atoms with Gasteiger partial charge in [0.05, 0.1) is 0 Å². The predicted molar refractivity (Wildman–Crippen MR) is 39.8 cm³/mol. The number of carbonyl (C=O) groups is 1. The van der Waals surface area contributed by atoms with Crippen molar-refractivity contribution in [2.75, 3.05) is 11.5 Å². The predicted octanol–water partition coefficient (Wildman–Crippen LogP) is 2.22. The van der Waals surface area contributed by atoms with Gasteiger partial charge in [0.15, 0.2) is 0 Å². The van der Waals surface area contributed by atoms with E-state index >= 15 is 0 Å². The van der Waals surface area contributed by atoms with Crippen molar-refractivity contribution in [3.05, 3.63) is 0 Å². The minimum atomic E-state index is -5.10. The molecule has 1 fully saturated rings. The summed E-state index contributed by atoms with van der Waals surface area (Å²) in [4.78, 5) is 10.6. The zero-order chi connectivity index (χ0) is 9.41. The molecule has 0 aliphatic carbocycles. The number of carbonyl (C=O) groups excluding carboxylic acids is 1. The number of halogens is 4. The Hall–Kier alpha value is 0.0900. The van der Waals surface area contributed by atoms with Crippen LogP contribution in [0.1, 0.15) is 0 Å². The highest BCUT2D eigenvalue weighted by Gasteiger charge is 2.63. The van der Waals surface area contributed by atoms with Crippen LogP contribution >= 0.6 is 23.5 Å². The maximum Gasteiger partial charge on any atom is 0.440 e. The summed E-state index contributed by atoms with van der Waals surface area (Å²) in [5.74, 6) is 0.248. The average molecular weight is 220 g/mol. The Bertz CT molecular complexity index is 204. The van der Waals surface area contributed by atoms with E-state index in [-0.39, 0.29) is 23.3 Å². The lowest BCUT2D eigenvalue weighted by Crippen LogP contribution is -2.46. The van der Waals surface area contributed by atoms with Crippen molar-refractivity contribution in [2.45, 2.75) is 11.2 Å². The quantitative estimate of drug-likeness (QED) is 0.583. The van der Waals surface area contributed by atoms with Gasteiger partial charge in [-0.15, -0.1) is 11.8 Å². The van der Waals surface area contributed by atoms with E-state index in [0.29, 0.717) is 11.8 Å².